The first-order valence-electron chi connectivity index (χ1n) is 9.45. The fraction of sp³-hybridized carbons (Fsp3) is 0.273. The zero-order valence-electron chi connectivity index (χ0n) is 16.1. The number of nitrogens with one attached hydrogen (secondary N) is 1. The molecular weight excluding hydrogens is 388 g/mol. The molecular formula is C22H21ClN4O2. The Bertz CT molecular complexity index is 1120. The van der Waals surface area contributed by atoms with Crippen molar-refractivity contribution in [3.63, 3.8) is 0 Å². The highest BCUT2D eigenvalue weighted by Crippen LogP contribution is 2.15. The number of nitrogens with zero attached hydrogens (tertiary/aromatic N) is 3. The van der Waals surface area contributed by atoms with Crippen LogP contribution < -0.4 is 5.56 Å². The van der Waals surface area contributed by atoms with Gasteiger partial charge in [0, 0.05) is 18.0 Å². The summed E-state index contributed by atoms with van der Waals surface area (Å²) >= 11 is 6.01. The van der Waals surface area contributed by atoms with Gasteiger partial charge in [0.15, 0.2) is 0 Å². The maximum absolute atomic E-state index is 12.8. The number of benzene rings is 2. The lowest BCUT2D eigenvalue weighted by Gasteiger charge is -2.22. The summed E-state index contributed by atoms with van der Waals surface area (Å²) in [4.78, 5) is 34.0. The topological polar surface area (TPSA) is 89.8 Å². The minimum Gasteiger partial charge on any atom is -0.335 e. The van der Waals surface area contributed by atoms with Crippen molar-refractivity contribution in [1.82, 2.24) is 14.9 Å². The lowest BCUT2D eigenvalue weighted by molar-refractivity contribution is -0.131. The molecule has 0 saturated heterocycles. The van der Waals surface area contributed by atoms with Crippen LogP contribution in [0.2, 0.25) is 5.02 Å². The number of carbonyl (C=O) groups is 1. The minimum absolute atomic E-state index is 0.00921. The van der Waals surface area contributed by atoms with Gasteiger partial charge in [-0.3, -0.25) is 9.59 Å². The summed E-state index contributed by atoms with van der Waals surface area (Å²) in [6.07, 6.45) is 1.73. The molecule has 0 aliphatic carbocycles. The maximum atomic E-state index is 12.8. The first-order valence-corrected chi connectivity index (χ1v) is 9.83. The van der Waals surface area contributed by atoms with E-state index >= 15 is 0 Å². The van der Waals surface area contributed by atoms with Crippen LogP contribution in [0.4, 0.5) is 0 Å². The summed E-state index contributed by atoms with van der Waals surface area (Å²) in [5.74, 6) is 0.426. The second kappa shape index (κ2) is 9.35. The van der Waals surface area contributed by atoms with Crippen LogP contribution in [-0.4, -0.2) is 27.3 Å². The lowest BCUT2D eigenvalue weighted by atomic mass is 10.1. The van der Waals surface area contributed by atoms with Gasteiger partial charge in [-0.15, -0.1) is 0 Å². The summed E-state index contributed by atoms with van der Waals surface area (Å²) in [6.45, 7) is 2.80. The van der Waals surface area contributed by atoms with E-state index in [1.165, 1.54) is 0 Å². The largest absolute Gasteiger partial charge is 0.335 e. The fourth-order valence-electron chi connectivity index (χ4n) is 3.13. The van der Waals surface area contributed by atoms with Gasteiger partial charge in [-0.05, 0) is 48.7 Å². The Morgan fingerprint density at radius 2 is 2.00 bits per heavy atom. The normalized spacial score (nSPS) is 10.7. The molecule has 3 rings (SSSR count). The van der Waals surface area contributed by atoms with E-state index in [0.717, 1.165) is 12.0 Å². The Hall–Kier alpha value is -3.17. The molecule has 0 aliphatic rings. The third kappa shape index (κ3) is 5.21. The van der Waals surface area contributed by atoms with E-state index in [9.17, 15) is 9.59 Å². The Labute approximate surface area is 173 Å². The number of halogens is 1. The minimum atomic E-state index is -0.247. The zero-order valence-corrected chi connectivity index (χ0v) is 16.9. The van der Waals surface area contributed by atoms with Crippen molar-refractivity contribution >= 4 is 28.4 Å². The molecule has 0 atom stereocenters. The number of hydrogen-bond acceptors (Lipinski definition) is 4. The highest BCUT2D eigenvalue weighted by atomic mass is 35.5. The highest BCUT2D eigenvalue weighted by molar-refractivity contribution is 6.31. The third-order valence-corrected chi connectivity index (χ3v) is 4.85. The number of amides is 1. The van der Waals surface area contributed by atoms with Crippen LogP contribution in [0, 0.1) is 11.3 Å². The molecule has 0 aliphatic heterocycles. The molecule has 29 heavy (non-hydrogen) atoms. The number of H-pyrrole nitrogens is 1. The summed E-state index contributed by atoms with van der Waals surface area (Å²) in [6, 6.07) is 14.2. The van der Waals surface area contributed by atoms with Crippen molar-refractivity contribution in [2.45, 2.75) is 32.7 Å². The Balaban J connectivity index is 1.73. The first kappa shape index (κ1) is 20.6. The van der Waals surface area contributed by atoms with Crippen LogP contribution in [0.25, 0.3) is 10.9 Å². The Kier molecular flexibility index (Phi) is 6.63. The van der Waals surface area contributed by atoms with Gasteiger partial charge in [-0.1, -0.05) is 30.7 Å². The van der Waals surface area contributed by atoms with E-state index in [-0.39, 0.29) is 18.0 Å². The molecule has 1 N–H and O–H groups in total. The highest BCUT2D eigenvalue weighted by Gasteiger charge is 2.15. The summed E-state index contributed by atoms with van der Waals surface area (Å²) in [5.41, 5.74) is 1.86. The van der Waals surface area contributed by atoms with Crippen molar-refractivity contribution in [2.24, 2.45) is 0 Å². The van der Waals surface area contributed by atoms with E-state index in [4.69, 9.17) is 16.9 Å². The first-order chi connectivity index (χ1) is 14.0. The molecule has 0 bridgehead atoms. The third-order valence-electron chi connectivity index (χ3n) is 4.62. The monoisotopic (exact) mass is 408 g/mol. The summed E-state index contributed by atoms with van der Waals surface area (Å²) in [5, 5.41) is 9.84. The molecule has 3 aromatic rings. The van der Waals surface area contributed by atoms with E-state index in [1.807, 2.05) is 19.1 Å². The smallest absolute Gasteiger partial charge is 0.258 e. The summed E-state index contributed by atoms with van der Waals surface area (Å²) < 4.78 is 0. The van der Waals surface area contributed by atoms with E-state index in [1.54, 1.807) is 35.2 Å². The molecule has 0 radical (unpaired) electrons. The van der Waals surface area contributed by atoms with Crippen LogP contribution in [0.15, 0.2) is 47.3 Å². The van der Waals surface area contributed by atoms with Crippen LogP contribution in [0.3, 0.4) is 0 Å². The number of carbonyl (C=O) groups excluding carboxylic acids is 1. The SMILES string of the molecule is CCCN(Cc1nc2cc(Cl)ccc2c(=O)[nH]1)C(=O)CCc1ccc(C#N)cc1. The number of aromatic amines is 1. The number of nitriles is 1. The predicted octanol–water partition coefficient (Wildman–Crippen LogP) is 3.82. The molecule has 0 unspecified atom stereocenters. The van der Waals surface area contributed by atoms with Crippen LogP contribution >= 0.6 is 11.6 Å². The molecule has 6 nitrogen and oxygen atoms in total. The Morgan fingerprint density at radius 1 is 1.24 bits per heavy atom. The molecule has 1 heterocycles. The van der Waals surface area contributed by atoms with Gasteiger partial charge in [-0.25, -0.2) is 4.98 Å². The number of fused-ring (bicyclic) bond motifs is 1. The van der Waals surface area contributed by atoms with Crippen molar-refractivity contribution in [3.8, 4) is 6.07 Å². The zero-order chi connectivity index (χ0) is 20.8. The quantitative estimate of drug-likeness (QED) is 0.643. The van der Waals surface area contributed by atoms with Gasteiger partial charge < -0.3 is 9.88 Å². The van der Waals surface area contributed by atoms with Crippen LogP contribution in [-0.2, 0) is 17.8 Å². The molecule has 7 heteroatoms. The number of rotatable bonds is 7. The average Bonchev–Trinajstić information content (AvgIpc) is 2.71. The molecule has 0 spiro atoms. The van der Waals surface area contributed by atoms with Crippen LogP contribution in [0.1, 0.15) is 36.7 Å². The van der Waals surface area contributed by atoms with Gasteiger partial charge in [0.25, 0.3) is 5.56 Å². The van der Waals surface area contributed by atoms with Gasteiger partial charge in [-0.2, -0.15) is 5.26 Å². The second-order valence-electron chi connectivity index (χ2n) is 6.80. The van der Waals surface area contributed by atoms with E-state index < -0.39 is 0 Å². The van der Waals surface area contributed by atoms with Crippen molar-refractivity contribution in [3.05, 3.63) is 74.8 Å². The maximum Gasteiger partial charge on any atom is 0.258 e. The molecule has 0 fully saturated rings. The number of aryl methyl sites for hydroxylation is 1. The van der Waals surface area contributed by atoms with Gasteiger partial charge >= 0.3 is 0 Å². The van der Waals surface area contributed by atoms with Gasteiger partial charge in [0.2, 0.25) is 5.91 Å². The fourth-order valence-corrected chi connectivity index (χ4v) is 3.30. The van der Waals surface area contributed by atoms with Crippen molar-refractivity contribution < 1.29 is 4.79 Å². The van der Waals surface area contributed by atoms with Crippen LogP contribution in [0.5, 0.6) is 0 Å². The van der Waals surface area contributed by atoms with Crippen molar-refractivity contribution in [1.29, 1.82) is 5.26 Å². The second-order valence-corrected chi connectivity index (χ2v) is 7.23. The van der Waals surface area contributed by atoms with Gasteiger partial charge in [0.1, 0.15) is 5.82 Å². The standard InChI is InChI=1S/C22H21ClN4O2/c1-2-11-27(21(28)10-7-15-3-5-16(13-24)6-4-15)14-20-25-19-12-17(23)8-9-18(19)22(29)26-20/h3-6,8-9,12H,2,7,10-11,14H2,1H3,(H,25,26,29). The number of aromatic nitrogens is 2. The van der Waals surface area contributed by atoms with E-state index in [0.29, 0.717) is 46.7 Å². The molecule has 2 aromatic carbocycles. The molecule has 1 aromatic heterocycles. The van der Waals surface area contributed by atoms with Crippen molar-refractivity contribution in [2.75, 3.05) is 6.54 Å². The molecule has 148 valence electrons. The lowest BCUT2D eigenvalue weighted by Crippen LogP contribution is -2.33. The molecule has 0 saturated carbocycles. The number of hydrogen-bond donors (Lipinski definition) is 1. The van der Waals surface area contributed by atoms with E-state index in [2.05, 4.69) is 16.0 Å². The average molecular weight is 409 g/mol. The summed E-state index contributed by atoms with van der Waals surface area (Å²) in [7, 11) is 0. The van der Waals surface area contributed by atoms with Gasteiger partial charge in [0.05, 0.1) is 29.1 Å². The molecule has 1 amide bonds. The predicted molar refractivity (Wildman–Crippen MR) is 113 cm³/mol. The Morgan fingerprint density at radius 3 is 2.69 bits per heavy atom.